The van der Waals surface area contributed by atoms with E-state index in [9.17, 15) is 10.5 Å². The Balaban J connectivity index is 0.000000257. The smallest absolute Gasteiger partial charge is 0.103 e. The first kappa shape index (κ1) is 23.5. The highest BCUT2D eigenvalue weighted by molar-refractivity contribution is 7.99. The van der Waals surface area contributed by atoms with Crippen molar-refractivity contribution in [1.29, 1.82) is 10.5 Å². The average Bonchev–Trinajstić information content (AvgIpc) is 3.61. The maximum Gasteiger partial charge on any atom is 0.103 e. The number of aliphatic hydroxyl groups excluding tert-OH is 1. The van der Waals surface area contributed by atoms with E-state index in [4.69, 9.17) is 5.11 Å². The van der Waals surface area contributed by atoms with E-state index in [-0.39, 0.29) is 6.10 Å². The lowest BCUT2D eigenvalue weighted by atomic mass is 10.1. The summed E-state index contributed by atoms with van der Waals surface area (Å²) in [7, 11) is 0. The van der Waals surface area contributed by atoms with Crippen molar-refractivity contribution < 1.29 is 5.11 Å². The molecule has 1 aliphatic rings. The lowest BCUT2D eigenvalue weighted by molar-refractivity contribution is 0.141. The molecule has 0 aliphatic carbocycles. The molecule has 0 saturated carbocycles. The van der Waals surface area contributed by atoms with Crippen LogP contribution in [0.3, 0.4) is 0 Å². The molecule has 0 spiro atoms. The second-order valence-corrected chi connectivity index (χ2v) is 9.19. The molecule has 8 nitrogen and oxygen atoms in total. The first-order valence-corrected chi connectivity index (χ1v) is 11.9. The molecule has 172 valence electrons. The number of hydrogen-bond acceptors (Lipinski definition) is 7. The Hall–Kier alpha value is -3.63. The van der Waals surface area contributed by atoms with Crippen molar-refractivity contribution in [3.8, 4) is 23.3 Å². The van der Waals surface area contributed by atoms with E-state index < -0.39 is 0 Å². The van der Waals surface area contributed by atoms with Crippen LogP contribution in [0.5, 0.6) is 0 Å². The number of H-pyrrole nitrogens is 1. The Labute approximate surface area is 202 Å². The third-order valence-electron chi connectivity index (χ3n) is 5.48. The van der Waals surface area contributed by atoms with Gasteiger partial charge in [0.15, 0.2) is 0 Å². The fourth-order valence-corrected chi connectivity index (χ4v) is 5.01. The molecule has 2 N–H and O–H groups in total. The van der Waals surface area contributed by atoms with Crippen LogP contribution in [0.15, 0.2) is 64.9 Å². The van der Waals surface area contributed by atoms with E-state index in [1.54, 1.807) is 29.2 Å². The summed E-state index contributed by atoms with van der Waals surface area (Å²) in [5.74, 6) is 0. The molecule has 1 aromatic carbocycles. The number of likely N-dealkylation sites (tertiary alicyclic amines) is 1. The number of β-amino-alcohol motifs (C(OH)–C–C–N with tert-alkyl or cyclic N) is 1. The van der Waals surface area contributed by atoms with Crippen LogP contribution in [0.1, 0.15) is 30.9 Å². The highest BCUT2D eigenvalue weighted by atomic mass is 32.2. The van der Waals surface area contributed by atoms with Crippen LogP contribution in [0, 0.1) is 22.7 Å². The Morgan fingerprint density at radius 3 is 2.53 bits per heavy atom. The van der Waals surface area contributed by atoms with Gasteiger partial charge in [0.2, 0.25) is 0 Å². The molecule has 4 heterocycles. The number of hydrogen-bond donors (Lipinski definition) is 2. The molecule has 9 heteroatoms. The molecule has 5 rings (SSSR count). The van der Waals surface area contributed by atoms with Gasteiger partial charge in [0.1, 0.15) is 12.1 Å². The minimum atomic E-state index is -0.150. The molecule has 4 aromatic rings. The molecule has 0 unspecified atom stereocenters. The molecular formula is C25H25N7OS. The number of aliphatic hydroxyl groups is 1. The number of benzene rings is 1. The Morgan fingerprint density at radius 1 is 1.09 bits per heavy atom. The van der Waals surface area contributed by atoms with Gasteiger partial charge in [-0.25, -0.2) is 4.52 Å². The Morgan fingerprint density at radius 2 is 1.85 bits per heavy atom. The summed E-state index contributed by atoms with van der Waals surface area (Å²) < 4.78 is 1.69. The minimum absolute atomic E-state index is 0.150. The summed E-state index contributed by atoms with van der Waals surface area (Å²) in [6.07, 6.45) is 9.42. The van der Waals surface area contributed by atoms with Gasteiger partial charge in [0.25, 0.3) is 0 Å². The number of nitriles is 2. The van der Waals surface area contributed by atoms with E-state index in [1.165, 1.54) is 37.7 Å². The second kappa shape index (κ2) is 11.0. The lowest BCUT2D eigenvalue weighted by Gasteiger charge is -2.15. The summed E-state index contributed by atoms with van der Waals surface area (Å²) >= 11 is 1.45. The summed E-state index contributed by atoms with van der Waals surface area (Å²) in [5, 5.41) is 38.8. The molecular weight excluding hydrogens is 446 g/mol. The summed E-state index contributed by atoms with van der Waals surface area (Å²) in [6, 6.07) is 13.8. The van der Waals surface area contributed by atoms with Gasteiger partial charge in [0.05, 0.1) is 35.1 Å². The SMILES string of the molecule is C[C@@H](O)CN1CCCC1.N#Cc1ccccc1Sc1cc(-c2cn[nH]c2)cn2ncc(C#N)c12. The van der Waals surface area contributed by atoms with Crippen LogP contribution in [0.2, 0.25) is 0 Å². The van der Waals surface area contributed by atoms with Crippen molar-refractivity contribution in [1.82, 2.24) is 24.7 Å². The van der Waals surface area contributed by atoms with Crippen LogP contribution in [-0.2, 0) is 0 Å². The van der Waals surface area contributed by atoms with E-state index >= 15 is 0 Å². The zero-order valence-corrected chi connectivity index (χ0v) is 19.7. The van der Waals surface area contributed by atoms with Gasteiger partial charge < -0.3 is 10.0 Å². The number of nitrogens with one attached hydrogen (secondary N) is 1. The van der Waals surface area contributed by atoms with Gasteiger partial charge in [-0.1, -0.05) is 23.9 Å². The monoisotopic (exact) mass is 471 g/mol. The third-order valence-corrected chi connectivity index (χ3v) is 6.58. The highest BCUT2D eigenvalue weighted by Gasteiger charge is 2.15. The van der Waals surface area contributed by atoms with Gasteiger partial charge >= 0.3 is 0 Å². The third kappa shape index (κ3) is 5.46. The fraction of sp³-hybridized carbons (Fsp3) is 0.280. The standard InChI is InChI=1S/C18H10N6S.C7H15NO/c19-6-12-3-1-2-4-16(12)25-17-5-13(15-8-21-22-9-15)11-24-18(17)14(7-20)10-23-24;1-7(9)6-8-4-2-3-5-8/h1-5,8-11H,(H,21,22);7,9H,2-6H2,1H3/t;7-/m.1/s1. The Bertz CT molecular complexity index is 1330. The number of fused-ring (bicyclic) bond motifs is 1. The van der Waals surface area contributed by atoms with E-state index in [0.717, 1.165) is 33.0 Å². The maximum atomic E-state index is 9.39. The number of nitrogens with zero attached hydrogens (tertiary/aromatic N) is 6. The highest BCUT2D eigenvalue weighted by Crippen LogP contribution is 2.36. The Kier molecular flexibility index (Phi) is 7.61. The fourth-order valence-electron chi connectivity index (χ4n) is 3.92. The van der Waals surface area contributed by atoms with Crippen molar-refractivity contribution >= 4 is 17.3 Å². The van der Waals surface area contributed by atoms with Crippen LogP contribution in [-0.4, -0.2) is 55.6 Å². The molecule has 34 heavy (non-hydrogen) atoms. The van der Waals surface area contributed by atoms with Crippen molar-refractivity contribution in [3.63, 3.8) is 0 Å². The first-order valence-electron chi connectivity index (χ1n) is 11.1. The summed E-state index contributed by atoms with van der Waals surface area (Å²) in [6.45, 7) is 5.08. The van der Waals surface area contributed by atoms with Crippen molar-refractivity contribution in [2.75, 3.05) is 19.6 Å². The van der Waals surface area contributed by atoms with Gasteiger partial charge in [-0.15, -0.1) is 0 Å². The number of aromatic amines is 1. The second-order valence-electron chi connectivity index (χ2n) is 8.11. The predicted molar refractivity (Wildman–Crippen MR) is 130 cm³/mol. The van der Waals surface area contributed by atoms with Gasteiger partial charge in [-0.05, 0) is 51.1 Å². The summed E-state index contributed by atoms with van der Waals surface area (Å²) in [4.78, 5) is 4.00. The van der Waals surface area contributed by atoms with Crippen LogP contribution in [0.25, 0.3) is 16.6 Å². The number of pyridine rings is 1. The topological polar surface area (TPSA) is 117 Å². The normalized spacial score (nSPS) is 14.2. The maximum absolute atomic E-state index is 9.39. The molecule has 1 aliphatic heterocycles. The van der Waals surface area contributed by atoms with Crippen LogP contribution in [0.4, 0.5) is 0 Å². The van der Waals surface area contributed by atoms with Gasteiger partial charge in [0, 0.05) is 39.9 Å². The van der Waals surface area contributed by atoms with E-state index in [0.29, 0.717) is 11.1 Å². The van der Waals surface area contributed by atoms with Crippen molar-refractivity contribution in [2.45, 2.75) is 35.7 Å². The average molecular weight is 472 g/mol. The van der Waals surface area contributed by atoms with E-state index in [1.807, 2.05) is 37.4 Å². The predicted octanol–water partition coefficient (Wildman–Crippen LogP) is 4.08. The molecule has 1 fully saturated rings. The first-order chi connectivity index (χ1) is 16.6. The lowest BCUT2D eigenvalue weighted by Crippen LogP contribution is -2.27. The van der Waals surface area contributed by atoms with Crippen molar-refractivity contribution in [3.05, 3.63) is 66.2 Å². The minimum Gasteiger partial charge on any atom is -0.392 e. The quantitative estimate of drug-likeness (QED) is 0.450. The molecule has 1 atom stereocenters. The largest absolute Gasteiger partial charge is 0.392 e. The molecule has 0 amide bonds. The molecule has 1 saturated heterocycles. The van der Waals surface area contributed by atoms with Crippen LogP contribution < -0.4 is 0 Å². The number of rotatable bonds is 5. The molecule has 0 radical (unpaired) electrons. The zero-order valence-electron chi connectivity index (χ0n) is 18.8. The summed E-state index contributed by atoms with van der Waals surface area (Å²) in [5.41, 5.74) is 3.66. The number of aromatic nitrogens is 4. The van der Waals surface area contributed by atoms with Crippen LogP contribution >= 0.6 is 11.8 Å². The van der Waals surface area contributed by atoms with Gasteiger partial charge in [-0.3, -0.25) is 5.10 Å². The van der Waals surface area contributed by atoms with Gasteiger partial charge in [-0.2, -0.15) is 20.7 Å². The molecule has 0 bridgehead atoms. The zero-order chi connectivity index (χ0) is 23.9. The van der Waals surface area contributed by atoms with Crippen molar-refractivity contribution in [2.24, 2.45) is 0 Å². The molecule has 3 aromatic heterocycles. The van der Waals surface area contributed by atoms with E-state index in [2.05, 4.69) is 32.3 Å².